The molecule has 0 saturated carbocycles. The average molecular weight is 318 g/mol. The van der Waals surface area contributed by atoms with Gasteiger partial charge in [-0.3, -0.25) is 4.79 Å². The van der Waals surface area contributed by atoms with Crippen molar-refractivity contribution >= 4 is 23.2 Å². The molecule has 1 atom stereocenters. The lowest BCUT2D eigenvalue weighted by atomic mass is 10.1. The molecule has 22 heavy (non-hydrogen) atoms. The van der Waals surface area contributed by atoms with Gasteiger partial charge in [0, 0.05) is 10.7 Å². The van der Waals surface area contributed by atoms with Crippen LogP contribution in [-0.4, -0.2) is 12.0 Å². The maximum absolute atomic E-state index is 12.3. The normalized spacial score (nSPS) is 11.9. The van der Waals surface area contributed by atoms with Gasteiger partial charge in [-0.25, -0.2) is 0 Å². The maximum Gasteiger partial charge on any atom is 0.265 e. The van der Waals surface area contributed by atoms with Gasteiger partial charge in [0.15, 0.2) is 6.10 Å². The van der Waals surface area contributed by atoms with Crippen molar-refractivity contribution in [2.45, 2.75) is 33.8 Å². The molecule has 0 aliphatic heterocycles. The molecule has 0 fully saturated rings. The smallest absolute Gasteiger partial charge is 0.265 e. The molecule has 2 aromatic carbocycles. The summed E-state index contributed by atoms with van der Waals surface area (Å²) in [6.45, 7) is 7.60. The second-order valence-corrected chi connectivity index (χ2v) is 5.77. The lowest BCUT2D eigenvalue weighted by Gasteiger charge is -2.18. The van der Waals surface area contributed by atoms with E-state index in [0.29, 0.717) is 10.7 Å². The van der Waals surface area contributed by atoms with Crippen LogP contribution in [-0.2, 0) is 4.79 Å². The first kappa shape index (κ1) is 16.4. The number of carbonyl (C=O) groups excluding carboxylic acids is 1. The van der Waals surface area contributed by atoms with Crippen molar-refractivity contribution in [2.24, 2.45) is 0 Å². The highest BCUT2D eigenvalue weighted by Gasteiger charge is 2.17. The number of benzene rings is 2. The van der Waals surface area contributed by atoms with Crippen LogP contribution in [0.2, 0.25) is 5.02 Å². The third-order valence-corrected chi connectivity index (χ3v) is 4.16. The third-order valence-electron chi connectivity index (χ3n) is 3.75. The molecule has 0 heterocycles. The molecule has 1 N–H and O–H groups in total. The van der Waals surface area contributed by atoms with Gasteiger partial charge in [-0.15, -0.1) is 0 Å². The first-order valence-electron chi connectivity index (χ1n) is 7.19. The zero-order valence-corrected chi connectivity index (χ0v) is 14.0. The van der Waals surface area contributed by atoms with Crippen molar-refractivity contribution in [3.8, 4) is 5.75 Å². The largest absolute Gasteiger partial charge is 0.481 e. The quantitative estimate of drug-likeness (QED) is 0.889. The van der Waals surface area contributed by atoms with E-state index in [4.69, 9.17) is 16.3 Å². The molecule has 0 spiro atoms. The molecule has 0 saturated heterocycles. The van der Waals surface area contributed by atoms with E-state index in [1.165, 1.54) is 0 Å². The zero-order chi connectivity index (χ0) is 16.3. The van der Waals surface area contributed by atoms with Gasteiger partial charge in [-0.1, -0.05) is 29.8 Å². The van der Waals surface area contributed by atoms with Gasteiger partial charge >= 0.3 is 0 Å². The molecule has 0 aliphatic carbocycles. The highest BCUT2D eigenvalue weighted by molar-refractivity contribution is 6.31. The van der Waals surface area contributed by atoms with E-state index in [2.05, 4.69) is 5.32 Å². The lowest BCUT2D eigenvalue weighted by Crippen LogP contribution is -2.30. The minimum atomic E-state index is -0.598. The summed E-state index contributed by atoms with van der Waals surface area (Å²) in [5.41, 5.74) is 3.72. The maximum atomic E-state index is 12.3. The van der Waals surface area contributed by atoms with E-state index >= 15 is 0 Å². The Morgan fingerprint density at radius 3 is 2.50 bits per heavy atom. The van der Waals surface area contributed by atoms with Crippen molar-refractivity contribution in [3.05, 3.63) is 58.1 Å². The van der Waals surface area contributed by atoms with Crippen LogP contribution in [0.1, 0.15) is 23.6 Å². The Hall–Kier alpha value is -2.00. The van der Waals surface area contributed by atoms with Crippen molar-refractivity contribution < 1.29 is 9.53 Å². The molecule has 116 valence electrons. The monoisotopic (exact) mass is 317 g/mol. The standard InChI is InChI=1S/C18H20ClNO2/c1-11-7-5-10-17(12(11)2)22-14(4)18(21)20-16-9-6-8-15(19)13(16)3/h5-10,14H,1-4H3,(H,20,21)/t14-/m1/s1. The minimum absolute atomic E-state index is 0.203. The molecular formula is C18H20ClNO2. The molecule has 2 rings (SSSR count). The summed E-state index contributed by atoms with van der Waals surface area (Å²) >= 11 is 6.06. The summed E-state index contributed by atoms with van der Waals surface area (Å²) in [4.78, 5) is 12.3. The Kier molecular flexibility index (Phi) is 5.09. The van der Waals surface area contributed by atoms with Crippen LogP contribution in [0.3, 0.4) is 0 Å². The van der Waals surface area contributed by atoms with Crippen LogP contribution >= 0.6 is 11.6 Å². The van der Waals surface area contributed by atoms with E-state index in [0.717, 1.165) is 22.4 Å². The Labute approximate surface area is 136 Å². The lowest BCUT2D eigenvalue weighted by molar-refractivity contribution is -0.122. The molecule has 3 nitrogen and oxygen atoms in total. The van der Waals surface area contributed by atoms with E-state index < -0.39 is 6.10 Å². The predicted molar refractivity (Wildman–Crippen MR) is 90.8 cm³/mol. The molecule has 0 aliphatic rings. The Morgan fingerprint density at radius 1 is 1.09 bits per heavy atom. The van der Waals surface area contributed by atoms with Gasteiger partial charge < -0.3 is 10.1 Å². The third kappa shape index (κ3) is 3.60. The highest BCUT2D eigenvalue weighted by atomic mass is 35.5. The van der Waals surface area contributed by atoms with E-state index in [9.17, 15) is 4.79 Å². The number of carbonyl (C=O) groups is 1. The number of anilines is 1. The van der Waals surface area contributed by atoms with Crippen LogP contribution < -0.4 is 10.1 Å². The van der Waals surface area contributed by atoms with Crippen LogP contribution in [0.15, 0.2) is 36.4 Å². The molecule has 4 heteroatoms. The first-order chi connectivity index (χ1) is 10.4. The summed E-state index contributed by atoms with van der Waals surface area (Å²) in [6, 6.07) is 11.2. The number of amides is 1. The van der Waals surface area contributed by atoms with Crippen molar-refractivity contribution in [1.82, 2.24) is 0 Å². The van der Waals surface area contributed by atoms with Gasteiger partial charge in [0.2, 0.25) is 0 Å². The molecule has 2 aromatic rings. The summed E-state index contributed by atoms with van der Waals surface area (Å²) in [5.74, 6) is 0.525. The average Bonchev–Trinajstić information content (AvgIpc) is 2.48. The van der Waals surface area contributed by atoms with Crippen LogP contribution in [0.5, 0.6) is 5.75 Å². The molecular weight excluding hydrogens is 298 g/mol. The van der Waals surface area contributed by atoms with Gasteiger partial charge in [0.1, 0.15) is 5.75 Å². The molecule has 0 unspecified atom stereocenters. The second-order valence-electron chi connectivity index (χ2n) is 5.36. The summed E-state index contributed by atoms with van der Waals surface area (Å²) < 4.78 is 5.79. The van der Waals surface area contributed by atoms with Crippen LogP contribution in [0.25, 0.3) is 0 Å². The SMILES string of the molecule is Cc1cccc(O[C@H](C)C(=O)Nc2cccc(Cl)c2C)c1C. The van der Waals surface area contributed by atoms with Crippen molar-refractivity contribution in [2.75, 3.05) is 5.32 Å². The molecule has 0 bridgehead atoms. The topological polar surface area (TPSA) is 38.3 Å². The number of hydrogen-bond acceptors (Lipinski definition) is 2. The Bertz CT molecular complexity index is 697. The van der Waals surface area contributed by atoms with E-state index in [1.807, 2.05) is 45.0 Å². The summed E-state index contributed by atoms with van der Waals surface area (Å²) in [5, 5.41) is 3.48. The Morgan fingerprint density at radius 2 is 1.77 bits per heavy atom. The summed E-state index contributed by atoms with van der Waals surface area (Å²) in [6.07, 6.45) is -0.598. The van der Waals surface area contributed by atoms with Gasteiger partial charge in [0.25, 0.3) is 5.91 Å². The summed E-state index contributed by atoms with van der Waals surface area (Å²) in [7, 11) is 0. The fraction of sp³-hybridized carbons (Fsp3) is 0.278. The highest BCUT2D eigenvalue weighted by Crippen LogP contribution is 2.24. The number of ether oxygens (including phenoxy) is 1. The fourth-order valence-electron chi connectivity index (χ4n) is 2.07. The van der Waals surface area contributed by atoms with Gasteiger partial charge in [0.05, 0.1) is 0 Å². The number of nitrogens with one attached hydrogen (secondary N) is 1. The predicted octanol–water partition coefficient (Wildman–Crippen LogP) is 4.67. The molecule has 0 radical (unpaired) electrons. The van der Waals surface area contributed by atoms with Crippen molar-refractivity contribution in [1.29, 1.82) is 0 Å². The van der Waals surface area contributed by atoms with Crippen LogP contribution in [0.4, 0.5) is 5.69 Å². The number of rotatable bonds is 4. The second kappa shape index (κ2) is 6.84. The fourth-order valence-corrected chi connectivity index (χ4v) is 2.25. The van der Waals surface area contributed by atoms with Gasteiger partial charge in [-0.2, -0.15) is 0 Å². The van der Waals surface area contributed by atoms with Crippen LogP contribution in [0, 0.1) is 20.8 Å². The van der Waals surface area contributed by atoms with Gasteiger partial charge in [-0.05, 0) is 62.6 Å². The van der Waals surface area contributed by atoms with Crippen molar-refractivity contribution in [3.63, 3.8) is 0 Å². The first-order valence-corrected chi connectivity index (χ1v) is 7.56. The van der Waals surface area contributed by atoms with E-state index in [-0.39, 0.29) is 5.91 Å². The molecule has 0 aromatic heterocycles. The van der Waals surface area contributed by atoms with E-state index in [1.54, 1.807) is 19.1 Å². The Balaban J connectivity index is 2.09. The number of aryl methyl sites for hydroxylation is 1. The zero-order valence-electron chi connectivity index (χ0n) is 13.2. The number of hydrogen-bond donors (Lipinski definition) is 1. The molecule has 1 amide bonds. The number of halogens is 1. The minimum Gasteiger partial charge on any atom is -0.481 e.